The van der Waals surface area contributed by atoms with Crippen molar-refractivity contribution in [3.63, 3.8) is 0 Å². The first-order valence-corrected chi connectivity index (χ1v) is 8.73. The molecule has 0 aliphatic rings. The summed E-state index contributed by atoms with van der Waals surface area (Å²) in [6.45, 7) is 1.90. The summed E-state index contributed by atoms with van der Waals surface area (Å²) in [5.74, 6) is -0.464. The molecule has 2 rings (SSSR count). The molecule has 0 aliphatic carbocycles. The van der Waals surface area contributed by atoms with Gasteiger partial charge in [0.05, 0.1) is 4.90 Å². The Hall–Kier alpha value is -1.24. The summed E-state index contributed by atoms with van der Waals surface area (Å²) in [4.78, 5) is 0.0551. The lowest BCUT2D eigenvalue weighted by atomic mass is 10.1. The molecule has 0 spiro atoms. The van der Waals surface area contributed by atoms with Crippen LogP contribution in [0.25, 0.3) is 0 Å². The quantitative estimate of drug-likeness (QED) is 0.862. The molecule has 0 heterocycles. The van der Waals surface area contributed by atoms with Crippen molar-refractivity contribution in [3.05, 3.63) is 64.4 Å². The molecule has 0 saturated carbocycles. The van der Waals surface area contributed by atoms with Gasteiger partial charge in [-0.15, -0.1) is 0 Å². The van der Waals surface area contributed by atoms with Crippen molar-refractivity contribution >= 4 is 26.0 Å². The third kappa shape index (κ3) is 4.12. The molecule has 2 aromatic rings. The molecule has 1 N–H and O–H groups in total. The fourth-order valence-corrected chi connectivity index (χ4v) is 3.52. The summed E-state index contributed by atoms with van der Waals surface area (Å²) in [5, 5.41) is 0. The first-order valence-electron chi connectivity index (χ1n) is 6.45. The van der Waals surface area contributed by atoms with E-state index in [0.717, 1.165) is 22.2 Å². The van der Waals surface area contributed by atoms with Gasteiger partial charge in [0.1, 0.15) is 5.82 Å². The van der Waals surface area contributed by atoms with Gasteiger partial charge in [-0.1, -0.05) is 35.0 Å². The van der Waals surface area contributed by atoms with Gasteiger partial charge in [0.15, 0.2) is 0 Å². The summed E-state index contributed by atoms with van der Waals surface area (Å²) < 4.78 is 41.1. The number of rotatable bonds is 5. The van der Waals surface area contributed by atoms with Crippen LogP contribution in [0.2, 0.25) is 0 Å². The summed E-state index contributed by atoms with van der Waals surface area (Å²) in [6.07, 6.45) is 0.613. The number of sulfonamides is 1. The van der Waals surface area contributed by atoms with Crippen molar-refractivity contribution in [2.45, 2.75) is 24.3 Å². The highest BCUT2D eigenvalue weighted by molar-refractivity contribution is 9.10. The van der Waals surface area contributed by atoms with Crippen LogP contribution in [0.3, 0.4) is 0 Å². The van der Waals surface area contributed by atoms with Crippen LogP contribution < -0.4 is 4.72 Å². The smallest absolute Gasteiger partial charge is 0.207 e. The number of hydrogen-bond donors (Lipinski definition) is 1. The van der Waals surface area contributed by atoms with E-state index in [2.05, 4.69) is 20.7 Å². The van der Waals surface area contributed by atoms with Gasteiger partial charge in [-0.3, -0.25) is 0 Å². The Balaban J connectivity index is 2.24. The van der Waals surface area contributed by atoms with Gasteiger partial charge < -0.3 is 0 Å². The van der Waals surface area contributed by atoms with Crippen LogP contribution in [0, 0.1) is 5.82 Å². The maximum absolute atomic E-state index is 12.9. The highest BCUT2D eigenvalue weighted by atomic mass is 79.9. The van der Waals surface area contributed by atoms with Gasteiger partial charge >= 0.3 is 0 Å². The number of benzene rings is 2. The molecule has 21 heavy (non-hydrogen) atoms. The van der Waals surface area contributed by atoms with E-state index in [0.29, 0.717) is 6.42 Å². The van der Waals surface area contributed by atoms with E-state index in [4.69, 9.17) is 0 Å². The van der Waals surface area contributed by atoms with Crippen LogP contribution in [-0.4, -0.2) is 8.42 Å². The molecule has 0 bridgehead atoms. The first-order chi connectivity index (χ1) is 9.92. The standard InChI is InChI=1S/C15H15BrFNO2S/c1-2-15(11-3-5-12(16)6-4-11)18-21(19,20)14-9-7-13(17)8-10-14/h3-10,15,18H,2H2,1H3/t15-/m1/s1. The zero-order chi connectivity index (χ0) is 15.5. The number of halogens is 2. The van der Waals surface area contributed by atoms with E-state index in [1.165, 1.54) is 12.1 Å². The summed E-state index contributed by atoms with van der Waals surface area (Å²) in [7, 11) is -3.68. The molecule has 0 radical (unpaired) electrons. The lowest BCUT2D eigenvalue weighted by Gasteiger charge is -2.17. The second-order valence-electron chi connectivity index (χ2n) is 4.59. The lowest BCUT2D eigenvalue weighted by molar-refractivity contribution is 0.549. The minimum atomic E-state index is -3.68. The highest BCUT2D eigenvalue weighted by Crippen LogP contribution is 2.22. The molecule has 0 saturated heterocycles. The Morgan fingerprint density at radius 1 is 1.10 bits per heavy atom. The largest absolute Gasteiger partial charge is 0.241 e. The molecular formula is C15H15BrFNO2S. The van der Waals surface area contributed by atoms with Gasteiger partial charge in [0.25, 0.3) is 0 Å². The lowest BCUT2D eigenvalue weighted by Crippen LogP contribution is -2.28. The van der Waals surface area contributed by atoms with Gasteiger partial charge in [-0.25, -0.2) is 17.5 Å². The zero-order valence-electron chi connectivity index (χ0n) is 11.4. The summed E-state index contributed by atoms with van der Waals surface area (Å²) in [5.41, 5.74) is 0.881. The molecule has 3 nitrogen and oxygen atoms in total. The average Bonchev–Trinajstić information content (AvgIpc) is 2.46. The highest BCUT2D eigenvalue weighted by Gasteiger charge is 2.20. The average molecular weight is 372 g/mol. The maximum Gasteiger partial charge on any atom is 0.241 e. The molecule has 0 unspecified atom stereocenters. The summed E-state index contributed by atoms with van der Waals surface area (Å²) in [6, 6.07) is 11.9. The molecule has 1 atom stereocenters. The predicted octanol–water partition coefficient (Wildman–Crippen LogP) is 4.02. The second kappa shape index (κ2) is 6.68. The third-order valence-electron chi connectivity index (χ3n) is 3.10. The van der Waals surface area contributed by atoms with E-state index in [9.17, 15) is 12.8 Å². The minimum Gasteiger partial charge on any atom is -0.207 e. The Labute approximate surface area is 132 Å². The van der Waals surface area contributed by atoms with E-state index in [-0.39, 0.29) is 10.9 Å². The fourth-order valence-electron chi connectivity index (χ4n) is 1.95. The minimum absolute atomic E-state index is 0.0551. The van der Waals surface area contributed by atoms with Gasteiger partial charge in [0.2, 0.25) is 10.0 Å². The van der Waals surface area contributed by atoms with E-state index in [1.54, 1.807) is 0 Å². The van der Waals surface area contributed by atoms with Crippen molar-refractivity contribution in [2.24, 2.45) is 0 Å². The van der Waals surface area contributed by atoms with Crippen LogP contribution in [0.15, 0.2) is 57.9 Å². The number of hydrogen-bond acceptors (Lipinski definition) is 2. The molecule has 0 aromatic heterocycles. The molecule has 0 aliphatic heterocycles. The Morgan fingerprint density at radius 3 is 2.19 bits per heavy atom. The normalized spacial score (nSPS) is 13.1. The van der Waals surface area contributed by atoms with Gasteiger partial charge in [-0.2, -0.15) is 0 Å². The summed E-state index contributed by atoms with van der Waals surface area (Å²) >= 11 is 3.35. The second-order valence-corrected chi connectivity index (χ2v) is 7.22. The predicted molar refractivity (Wildman–Crippen MR) is 83.9 cm³/mol. The van der Waals surface area contributed by atoms with Crippen molar-refractivity contribution in [1.29, 1.82) is 0 Å². The van der Waals surface area contributed by atoms with Crippen molar-refractivity contribution < 1.29 is 12.8 Å². The third-order valence-corrected chi connectivity index (χ3v) is 5.12. The van der Waals surface area contributed by atoms with Crippen LogP contribution in [0.1, 0.15) is 24.9 Å². The van der Waals surface area contributed by atoms with Crippen LogP contribution in [-0.2, 0) is 10.0 Å². The zero-order valence-corrected chi connectivity index (χ0v) is 13.8. The number of nitrogens with one attached hydrogen (secondary N) is 1. The maximum atomic E-state index is 12.9. The Kier molecular flexibility index (Phi) is 5.13. The monoisotopic (exact) mass is 371 g/mol. The van der Waals surface area contributed by atoms with Crippen LogP contribution in [0.4, 0.5) is 4.39 Å². The molecule has 2 aromatic carbocycles. The molecule has 0 fully saturated rings. The molecule has 112 valence electrons. The van der Waals surface area contributed by atoms with Crippen molar-refractivity contribution in [2.75, 3.05) is 0 Å². The van der Waals surface area contributed by atoms with Crippen molar-refractivity contribution in [1.82, 2.24) is 4.72 Å². The van der Waals surface area contributed by atoms with Crippen LogP contribution >= 0.6 is 15.9 Å². The SMILES string of the molecule is CC[C@@H](NS(=O)(=O)c1ccc(F)cc1)c1ccc(Br)cc1. The van der Waals surface area contributed by atoms with Crippen molar-refractivity contribution in [3.8, 4) is 0 Å². The molecule has 0 amide bonds. The van der Waals surface area contributed by atoms with E-state index < -0.39 is 15.8 Å². The Bertz CT molecular complexity index is 699. The van der Waals surface area contributed by atoms with Gasteiger partial charge in [-0.05, 0) is 48.4 Å². The first kappa shape index (κ1) is 16.1. The Morgan fingerprint density at radius 2 is 1.67 bits per heavy atom. The fraction of sp³-hybridized carbons (Fsp3) is 0.200. The topological polar surface area (TPSA) is 46.2 Å². The molecular weight excluding hydrogens is 357 g/mol. The molecule has 6 heteroatoms. The van der Waals surface area contributed by atoms with E-state index >= 15 is 0 Å². The van der Waals surface area contributed by atoms with Crippen LogP contribution in [0.5, 0.6) is 0 Å². The van der Waals surface area contributed by atoms with E-state index in [1.807, 2.05) is 31.2 Å². The van der Waals surface area contributed by atoms with Gasteiger partial charge in [0, 0.05) is 10.5 Å².